The molecule has 0 saturated heterocycles. The summed E-state index contributed by atoms with van der Waals surface area (Å²) < 4.78 is 25.7. The van der Waals surface area contributed by atoms with Crippen LogP contribution >= 0.6 is 0 Å². The molecule has 0 aromatic carbocycles. The van der Waals surface area contributed by atoms with Crippen LogP contribution in [0, 0.1) is 0 Å². The Balaban J connectivity index is 3.30. The lowest BCUT2D eigenvalue weighted by Crippen LogP contribution is -2.57. The average Bonchev–Trinajstić information content (AvgIpc) is 2.62. The highest BCUT2D eigenvalue weighted by molar-refractivity contribution is 5.86. The van der Waals surface area contributed by atoms with Gasteiger partial charge in [-0.2, -0.15) is 0 Å². The van der Waals surface area contributed by atoms with E-state index in [0.717, 1.165) is 27.9 Å². The Morgan fingerprint density at radius 3 is 2.17 bits per heavy atom. The van der Waals surface area contributed by atoms with E-state index in [-0.39, 0.29) is 12.2 Å². The molecule has 1 amide bonds. The third-order valence-corrected chi connectivity index (χ3v) is 3.75. The van der Waals surface area contributed by atoms with Crippen molar-refractivity contribution >= 4 is 29.8 Å². The highest BCUT2D eigenvalue weighted by Crippen LogP contribution is 2.26. The summed E-state index contributed by atoms with van der Waals surface area (Å²) in [5.41, 5.74) is 0. The molecule has 1 heterocycles. The first-order valence-corrected chi connectivity index (χ1v) is 8.75. The van der Waals surface area contributed by atoms with Crippen molar-refractivity contribution < 1.29 is 47.7 Å². The first kappa shape index (κ1) is 23.9. The first-order valence-electron chi connectivity index (χ1n) is 8.75. The van der Waals surface area contributed by atoms with E-state index in [4.69, 9.17) is 18.9 Å². The first-order chi connectivity index (χ1) is 13.5. The van der Waals surface area contributed by atoms with Gasteiger partial charge in [-0.25, -0.2) is 4.79 Å². The molecule has 4 atom stereocenters. The molecular weight excluding hydrogens is 390 g/mol. The van der Waals surface area contributed by atoms with Crippen molar-refractivity contribution in [2.45, 2.75) is 58.5 Å². The maximum absolute atomic E-state index is 11.9. The number of amides is 1. The number of rotatable bonds is 8. The maximum atomic E-state index is 11.9. The summed E-state index contributed by atoms with van der Waals surface area (Å²) in [6.45, 7) is 4.24. The van der Waals surface area contributed by atoms with Crippen molar-refractivity contribution in [2.24, 2.45) is 0 Å². The maximum Gasteiger partial charge on any atom is 0.372 e. The predicted molar refractivity (Wildman–Crippen MR) is 94.9 cm³/mol. The van der Waals surface area contributed by atoms with E-state index in [1.807, 2.05) is 0 Å². The smallest absolute Gasteiger partial charge is 0.372 e. The van der Waals surface area contributed by atoms with Crippen molar-refractivity contribution in [1.82, 2.24) is 5.32 Å². The zero-order valence-electron chi connectivity index (χ0n) is 16.9. The van der Waals surface area contributed by atoms with Crippen LogP contribution in [-0.4, -0.2) is 67.9 Å². The van der Waals surface area contributed by atoms with E-state index >= 15 is 0 Å². The molecule has 29 heavy (non-hydrogen) atoms. The van der Waals surface area contributed by atoms with E-state index in [1.165, 1.54) is 13.0 Å². The summed E-state index contributed by atoms with van der Waals surface area (Å²) >= 11 is 0. The molecular formula is C18H25NO10. The van der Waals surface area contributed by atoms with Crippen molar-refractivity contribution in [3.05, 3.63) is 11.8 Å². The number of ether oxygens (including phenoxy) is 5. The Bertz CT molecular complexity index is 686. The van der Waals surface area contributed by atoms with Gasteiger partial charge in [0.1, 0.15) is 6.61 Å². The number of carbonyl (C=O) groups is 5. The van der Waals surface area contributed by atoms with Gasteiger partial charge in [0.25, 0.3) is 0 Å². The van der Waals surface area contributed by atoms with E-state index in [1.54, 1.807) is 0 Å². The van der Waals surface area contributed by atoms with Crippen molar-refractivity contribution in [1.29, 1.82) is 0 Å². The summed E-state index contributed by atoms with van der Waals surface area (Å²) in [5, 5.41) is 2.64. The van der Waals surface area contributed by atoms with Crippen molar-refractivity contribution in [3.63, 3.8) is 0 Å². The second kappa shape index (κ2) is 11.0. The molecule has 0 bridgehead atoms. The molecule has 162 valence electrons. The normalized spacial score (nSPS) is 20.1. The molecule has 0 saturated carbocycles. The fraction of sp³-hybridized carbons (Fsp3) is 0.611. The second-order valence-electron chi connectivity index (χ2n) is 6.21. The SMILES string of the molecule is COC(=O)C1=CCC(NC(C)=O)C(C(OC(C)=O)C(COC(C)=O)OC(C)=O)O1. The summed E-state index contributed by atoms with van der Waals surface area (Å²) in [5.74, 6) is -3.46. The van der Waals surface area contributed by atoms with Gasteiger partial charge in [-0.15, -0.1) is 0 Å². The van der Waals surface area contributed by atoms with E-state index in [9.17, 15) is 24.0 Å². The molecule has 0 radical (unpaired) electrons. The van der Waals surface area contributed by atoms with Gasteiger partial charge in [0, 0.05) is 27.7 Å². The predicted octanol–water partition coefficient (Wildman–Crippen LogP) is -0.237. The Morgan fingerprint density at radius 1 is 1.07 bits per heavy atom. The van der Waals surface area contributed by atoms with Gasteiger partial charge in [0.15, 0.2) is 18.3 Å². The summed E-state index contributed by atoms with van der Waals surface area (Å²) in [4.78, 5) is 58.0. The van der Waals surface area contributed by atoms with Gasteiger partial charge in [-0.3, -0.25) is 19.2 Å². The van der Waals surface area contributed by atoms with Crippen LogP contribution in [0.15, 0.2) is 11.8 Å². The third kappa shape index (κ3) is 7.80. The third-order valence-electron chi connectivity index (χ3n) is 3.75. The lowest BCUT2D eigenvalue weighted by molar-refractivity contribution is -0.187. The van der Waals surface area contributed by atoms with Crippen LogP contribution in [0.5, 0.6) is 0 Å². The molecule has 0 aromatic rings. The highest BCUT2D eigenvalue weighted by atomic mass is 16.6. The minimum Gasteiger partial charge on any atom is -0.477 e. The van der Waals surface area contributed by atoms with E-state index in [2.05, 4.69) is 10.1 Å². The number of nitrogens with one attached hydrogen (secondary N) is 1. The number of methoxy groups -OCH3 is 1. The standard InChI is InChI=1S/C18H25NO10/c1-9(20)19-13-6-7-14(18(24)25-5)29-16(13)17(28-12(4)23)15(27-11(3)22)8-26-10(2)21/h7,13,15-17H,6,8H2,1-5H3,(H,19,20). The van der Waals surface area contributed by atoms with Crippen molar-refractivity contribution in [3.8, 4) is 0 Å². The number of carbonyl (C=O) groups excluding carboxylic acids is 5. The molecule has 0 fully saturated rings. The Kier molecular flexibility index (Phi) is 9.10. The quantitative estimate of drug-likeness (QED) is 0.417. The molecule has 11 nitrogen and oxygen atoms in total. The van der Waals surface area contributed by atoms with Crippen LogP contribution < -0.4 is 5.32 Å². The van der Waals surface area contributed by atoms with Crippen LogP contribution in [0.1, 0.15) is 34.1 Å². The molecule has 4 unspecified atom stereocenters. The molecule has 1 aliphatic rings. The number of esters is 4. The van der Waals surface area contributed by atoms with Crippen LogP contribution in [0.25, 0.3) is 0 Å². The number of hydrogen-bond acceptors (Lipinski definition) is 10. The lowest BCUT2D eigenvalue weighted by Gasteiger charge is -2.38. The van der Waals surface area contributed by atoms with E-state index in [0.29, 0.717) is 0 Å². The van der Waals surface area contributed by atoms with Gasteiger partial charge in [0.05, 0.1) is 13.2 Å². The largest absolute Gasteiger partial charge is 0.477 e. The Hall–Kier alpha value is -3.11. The zero-order chi connectivity index (χ0) is 22.1. The highest BCUT2D eigenvalue weighted by Gasteiger charge is 2.44. The van der Waals surface area contributed by atoms with E-state index < -0.39 is 60.7 Å². The Labute approximate surface area is 167 Å². The number of hydrogen-bond donors (Lipinski definition) is 1. The molecule has 1 rings (SSSR count). The minimum absolute atomic E-state index is 0.146. The average molecular weight is 415 g/mol. The zero-order valence-corrected chi connectivity index (χ0v) is 16.9. The molecule has 1 N–H and O–H groups in total. The molecule has 0 aliphatic carbocycles. The fourth-order valence-corrected chi connectivity index (χ4v) is 2.73. The van der Waals surface area contributed by atoms with Crippen LogP contribution in [0.2, 0.25) is 0 Å². The van der Waals surface area contributed by atoms with Gasteiger partial charge < -0.3 is 29.0 Å². The van der Waals surface area contributed by atoms with Crippen molar-refractivity contribution in [2.75, 3.05) is 13.7 Å². The van der Waals surface area contributed by atoms with Crippen LogP contribution in [0.3, 0.4) is 0 Å². The molecule has 11 heteroatoms. The van der Waals surface area contributed by atoms with Crippen LogP contribution in [-0.2, 0) is 47.7 Å². The molecule has 0 spiro atoms. The minimum atomic E-state index is -1.30. The van der Waals surface area contributed by atoms with Gasteiger partial charge in [-0.05, 0) is 12.5 Å². The summed E-state index contributed by atoms with van der Waals surface area (Å²) in [6, 6.07) is -0.736. The van der Waals surface area contributed by atoms with Gasteiger partial charge in [0.2, 0.25) is 11.7 Å². The molecule has 0 aromatic heterocycles. The van der Waals surface area contributed by atoms with Gasteiger partial charge in [-0.1, -0.05) is 0 Å². The fourth-order valence-electron chi connectivity index (χ4n) is 2.73. The summed E-state index contributed by atoms with van der Waals surface area (Å²) in [6.07, 6.45) is -2.13. The Morgan fingerprint density at radius 2 is 1.69 bits per heavy atom. The monoisotopic (exact) mass is 415 g/mol. The second-order valence-corrected chi connectivity index (χ2v) is 6.21. The molecule has 1 aliphatic heterocycles. The lowest BCUT2D eigenvalue weighted by atomic mass is 9.95. The topological polar surface area (TPSA) is 144 Å². The van der Waals surface area contributed by atoms with Crippen LogP contribution in [0.4, 0.5) is 0 Å². The summed E-state index contributed by atoms with van der Waals surface area (Å²) in [7, 11) is 1.16. The van der Waals surface area contributed by atoms with Gasteiger partial charge >= 0.3 is 23.9 Å².